The fourth-order valence-corrected chi connectivity index (χ4v) is 7.33. The highest BCUT2D eigenvalue weighted by atomic mass is 16.5. The number of rotatable bonds is 7. The lowest BCUT2D eigenvalue weighted by molar-refractivity contribution is -0.0365. The van der Waals surface area contributed by atoms with Crippen molar-refractivity contribution in [1.29, 1.82) is 0 Å². The topological polar surface area (TPSA) is 90.1 Å². The summed E-state index contributed by atoms with van der Waals surface area (Å²) < 4.78 is 8.28. The first kappa shape index (κ1) is 28.1. The zero-order chi connectivity index (χ0) is 31.0. The molecule has 2 atom stereocenters. The van der Waals surface area contributed by atoms with Crippen LogP contribution in [0.5, 0.6) is 0 Å². The Kier molecular flexibility index (Phi) is 7.03. The van der Waals surface area contributed by atoms with E-state index in [2.05, 4.69) is 102 Å². The molecule has 0 amide bonds. The van der Waals surface area contributed by atoms with Crippen molar-refractivity contribution in [2.45, 2.75) is 36.6 Å². The minimum atomic E-state index is -1.17. The molecule has 2 aliphatic rings. The van der Waals surface area contributed by atoms with Crippen molar-refractivity contribution >= 4 is 22.9 Å². The molecule has 0 saturated carbocycles. The third-order valence-corrected chi connectivity index (χ3v) is 9.34. The highest BCUT2D eigenvalue weighted by Gasteiger charge is 2.58. The molecule has 8 rings (SSSR count). The van der Waals surface area contributed by atoms with Gasteiger partial charge in [0.25, 0.3) is 0 Å². The highest BCUT2D eigenvalue weighted by molar-refractivity contribution is 5.94. The molecule has 5 aromatic carbocycles. The summed E-state index contributed by atoms with van der Waals surface area (Å²) in [5.41, 5.74) is 11.8. The molecular formula is C39H34N6O. The molecule has 6 aromatic rings. The van der Waals surface area contributed by atoms with Crippen LogP contribution in [0.25, 0.3) is 22.2 Å². The summed E-state index contributed by atoms with van der Waals surface area (Å²) in [5, 5.41) is 15.8. The molecule has 0 spiro atoms. The van der Waals surface area contributed by atoms with E-state index in [0.717, 1.165) is 70.3 Å². The van der Waals surface area contributed by atoms with Crippen molar-refractivity contribution < 1.29 is 4.74 Å². The second-order valence-electron chi connectivity index (χ2n) is 12.0. The van der Waals surface area contributed by atoms with Gasteiger partial charge in [0, 0.05) is 28.8 Å². The molecule has 0 bridgehead atoms. The van der Waals surface area contributed by atoms with Crippen LogP contribution in [0.15, 0.2) is 149 Å². The SMILES string of the molecule is Nc1cccc(-c2nn(C3CCCCO3)c3ccc(C4(C(c5ccccc5)(c5ccccc5)c5ccccc5)N=CN=N4)cc23)c1. The van der Waals surface area contributed by atoms with Crippen LogP contribution in [0.1, 0.15) is 47.7 Å². The standard InChI is InChI=1S/C39H34N6O/c40-33-20-12-13-28(25-33)37-34-26-32(22-23-35(34)45(43-37)36-21-10-11-24-46-36)39(41-27-42-44-39)38(29-14-4-1-5-15-29,30-16-6-2-7-17-30)31-18-8-3-9-19-31/h1-9,12-20,22-23,25-27,36H,10-11,21,24,40H2. The van der Waals surface area contributed by atoms with E-state index in [0.29, 0.717) is 5.69 Å². The molecule has 1 aromatic heterocycles. The quantitative estimate of drug-likeness (QED) is 0.146. The second kappa shape index (κ2) is 11.5. The Balaban J connectivity index is 1.45. The van der Waals surface area contributed by atoms with Gasteiger partial charge in [0.2, 0.25) is 5.66 Å². The van der Waals surface area contributed by atoms with Crippen LogP contribution in [0.3, 0.4) is 0 Å². The Labute approximate surface area is 268 Å². The number of ether oxygens (including phenoxy) is 1. The number of fused-ring (bicyclic) bond motifs is 1. The Morgan fingerprint density at radius 2 is 1.41 bits per heavy atom. The molecule has 3 heterocycles. The average Bonchev–Trinajstić information content (AvgIpc) is 3.77. The maximum Gasteiger partial charge on any atom is 0.215 e. The number of anilines is 1. The number of benzene rings is 5. The highest BCUT2D eigenvalue weighted by Crippen LogP contribution is 2.56. The van der Waals surface area contributed by atoms with Gasteiger partial charge >= 0.3 is 0 Å². The zero-order valence-electron chi connectivity index (χ0n) is 25.4. The molecule has 2 N–H and O–H groups in total. The van der Waals surface area contributed by atoms with Gasteiger partial charge in [-0.15, -0.1) is 5.11 Å². The molecule has 1 saturated heterocycles. The van der Waals surface area contributed by atoms with Crippen LogP contribution in [-0.4, -0.2) is 22.7 Å². The number of azo groups is 1. The average molecular weight is 603 g/mol. The summed E-state index contributed by atoms with van der Waals surface area (Å²) in [7, 11) is 0. The predicted molar refractivity (Wildman–Crippen MR) is 183 cm³/mol. The summed E-state index contributed by atoms with van der Waals surface area (Å²) in [5.74, 6) is 0. The first-order valence-electron chi connectivity index (χ1n) is 15.8. The smallest absolute Gasteiger partial charge is 0.215 e. The molecular weight excluding hydrogens is 568 g/mol. The van der Waals surface area contributed by atoms with Gasteiger partial charge in [-0.25, -0.2) is 9.67 Å². The van der Waals surface area contributed by atoms with Crippen molar-refractivity contribution in [1.82, 2.24) is 9.78 Å². The van der Waals surface area contributed by atoms with E-state index >= 15 is 0 Å². The van der Waals surface area contributed by atoms with Crippen LogP contribution in [0, 0.1) is 0 Å². The van der Waals surface area contributed by atoms with Gasteiger partial charge in [0.15, 0.2) is 6.23 Å². The Morgan fingerprint density at radius 1 is 0.739 bits per heavy atom. The Morgan fingerprint density at radius 3 is 1.98 bits per heavy atom. The van der Waals surface area contributed by atoms with Crippen molar-refractivity contribution in [2.75, 3.05) is 12.3 Å². The predicted octanol–water partition coefficient (Wildman–Crippen LogP) is 8.67. The van der Waals surface area contributed by atoms with Crippen molar-refractivity contribution in [3.63, 3.8) is 0 Å². The van der Waals surface area contributed by atoms with E-state index < -0.39 is 11.1 Å². The number of aromatic nitrogens is 2. The third-order valence-electron chi connectivity index (χ3n) is 9.34. The van der Waals surface area contributed by atoms with E-state index in [1.54, 1.807) is 6.34 Å². The maximum absolute atomic E-state index is 6.28. The number of hydrogen-bond acceptors (Lipinski definition) is 6. The van der Waals surface area contributed by atoms with Crippen molar-refractivity contribution in [3.05, 3.63) is 156 Å². The van der Waals surface area contributed by atoms with Crippen LogP contribution >= 0.6 is 0 Å². The van der Waals surface area contributed by atoms with Gasteiger partial charge in [-0.1, -0.05) is 109 Å². The number of aliphatic imine (C=N–C) groups is 1. The van der Waals surface area contributed by atoms with Crippen molar-refractivity contribution in [2.24, 2.45) is 15.2 Å². The summed E-state index contributed by atoms with van der Waals surface area (Å²) in [6.45, 7) is 0.726. The Hall–Kier alpha value is -5.40. The maximum atomic E-state index is 6.28. The summed E-state index contributed by atoms with van der Waals surface area (Å²) >= 11 is 0. The molecule has 1 fully saturated rings. The van der Waals surface area contributed by atoms with E-state index in [-0.39, 0.29) is 6.23 Å². The van der Waals surface area contributed by atoms with E-state index in [4.69, 9.17) is 25.7 Å². The summed E-state index contributed by atoms with van der Waals surface area (Å²) in [6.07, 6.45) is 4.53. The fourth-order valence-electron chi connectivity index (χ4n) is 7.33. The number of nitrogens with two attached hydrogens (primary N) is 1. The Bertz CT molecular complexity index is 1940. The molecule has 46 heavy (non-hydrogen) atoms. The molecule has 7 nitrogen and oxygen atoms in total. The zero-order valence-corrected chi connectivity index (χ0v) is 25.4. The monoisotopic (exact) mass is 602 g/mol. The van der Waals surface area contributed by atoms with Gasteiger partial charge < -0.3 is 10.5 Å². The van der Waals surface area contributed by atoms with Crippen LogP contribution in [-0.2, 0) is 15.8 Å². The minimum absolute atomic E-state index is 0.132. The van der Waals surface area contributed by atoms with Crippen molar-refractivity contribution in [3.8, 4) is 11.3 Å². The lowest BCUT2D eigenvalue weighted by atomic mass is 9.59. The molecule has 2 unspecified atom stereocenters. The minimum Gasteiger partial charge on any atom is -0.399 e. The largest absolute Gasteiger partial charge is 0.399 e. The first-order valence-corrected chi connectivity index (χ1v) is 15.8. The normalized spacial score (nSPS) is 19.5. The molecule has 7 heteroatoms. The lowest BCUT2D eigenvalue weighted by Crippen LogP contribution is -2.48. The second-order valence-corrected chi connectivity index (χ2v) is 12.0. The molecule has 226 valence electrons. The third kappa shape index (κ3) is 4.38. The fraction of sp³-hybridized carbons (Fsp3) is 0.179. The van der Waals surface area contributed by atoms with Crippen LogP contribution in [0.4, 0.5) is 5.69 Å². The van der Waals surface area contributed by atoms with Crippen LogP contribution in [0.2, 0.25) is 0 Å². The first-order chi connectivity index (χ1) is 22.7. The van der Waals surface area contributed by atoms with Crippen LogP contribution < -0.4 is 5.73 Å². The number of nitrogens with zero attached hydrogens (tertiary/aromatic N) is 5. The molecule has 0 aliphatic carbocycles. The van der Waals surface area contributed by atoms with Gasteiger partial charge in [-0.05, 0) is 60.2 Å². The van der Waals surface area contributed by atoms with E-state index in [9.17, 15) is 0 Å². The summed E-state index contributed by atoms with van der Waals surface area (Å²) in [4.78, 5) is 5.23. The van der Waals surface area contributed by atoms with Gasteiger partial charge in [-0.2, -0.15) is 10.2 Å². The van der Waals surface area contributed by atoms with Gasteiger partial charge in [-0.3, -0.25) is 0 Å². The number of hydrogen-bond donors (Lipinski definition) is 1. The van der Waals surface area contributed by atoms with Gasteiger partial charge in [0.05, 0.1) is 10.9 Å². The van der Waals surface area contributed by atoms with E-state index in [1.807, 2.05) is 41.1 Å². The molecule has 0 radical (unpaired) electrons. The van der Waals surface area contributed by atoms with Gasteiger partial charge in [0.1, 0.15) is 12.0 Å². The number of nitrogen functional groups attached to an aromatic ring is 1. The molecule has 2 aliphatic heterocycles. The summed E-state index contributed by atoms with van der Waals surface area (Å²) in [6, 6.07) is 46.0. The van der Waals surface area contributed by atoms with E-state index in [1.165, 1.54) is 0 Å². The lowest BCUT2D eigenvalue weighted by Gasteiger charge is -2.45.